The second kappa shape index (κ2) is 5.80. The van der Waals surface area contributed by atoms with E-state index < -0.39 is 6.04 Å². The molecule has 4 nitrogen and oxygen atoms in total. The van der Waals surface area contributed by atoms with Crippen LogP contribution in [0.2, 0.25) is 0 Å². The van der Waals surface area contributed by atoms with Crippen molar-refractivity contribution >= 4 is 18.3 Å². The summed E-state index contributed by atoms with van der Waals surface area (Å²) in [4.78, 5) is 12.1. The molecule has 1 unspecified atom stereocenters. The van der Waals surface area contributed by atoms with E-state index in [0.29, 0.717) is 6.61 Å². The molecule has 0 aliphatic carbocycles. The standard InChI is InChI=1S/C14H20N2O2.ClH/c1-14(2,3)12(15)13(17)16-10-8-18-11-7-5-4-6-9(10)11;/h4-7,10,12H,8,15H2,1-3H3,(H,16,17);1H/t10?,12-;/m1./s1. The Morgan fingerprint density at radius 2 is 2.05 bits per heavy atom. The highest BCUT2D eigenvalue weighted by molar-refractivity contribution is 5.85. The molecule has 1 aromatic carbocycles. The molecule has 1 aliphatic rings. The summed E-state index contributed by atoms with van der Waals surface area (Å²) in [5, 5.41) is 2.95. The minimum absolute atomic E-state index is 0. The predicted molar refractivity (Wildman–Crippen MR) is 77.5 cm³/mol. The van der Waals surface area contributed by atoms with Crippen LogP contribution < -0.4 is 15.8 Å². The second-order valence-electron chi connectivity index (χ2n) is 5.75. The van der Waals surface area contributed by atoms with Crippen LogP contribution >= 0.6 is 12.4 Å². The fourth-order valence-electron chi connectivity index (χ4n) is 1.94. The molecular formula is C14H21ClN2O2. The third-order valence-corrected chi connectivity index (χ3v) is 3.23. The Morgan fingerprint density at radius 1 is 1.42 bits per heavy atom. The van der Waals surface area contributed by atoms with Gasteiger partial charge in [0.1, 0.15) is 12.4 Å². The minimum Gasteiger partial charge on any atom is -0.491 e. The maximum absolute atomic E-state index is 12.1. The molecule has 0 saturated carbocycles. The summed E-state index contributed by atoms with van der Waals surface area (Å²) in [6.07, 6.45) is 0. The molecule has 5 heteroatoms. The zero-order valence-electron chi connectivity index (χ0n) is 11.5. The van der Waals surface area contributed by atoms with E-state index in [4.69, 9.17) is 10.5 Å². The van der Waals surface area contributed by atoms with E-state index in [1.165, 1.54) is 0 Å². The number of nitrogens with one attached hydrogen (secondary N) is 1. The number of fused-ring (bicyclic) bond motifs is 1. The zero-order chi connectivity index (χ0) is 13.3. The fraction of sp³-hybridized carbons (Fsp3) is 0.500. The molecule has 2 rings (SSSR count). The summed E-state index contributed by atoms with van der Waals surface area (Å²) in [6.45, 7) is 6.34. The lowest BCUT2D eigenvalue weighted by atomic mass is 9.86. The molecule has 1 aromatic rings. The van der Waals surface area contributed by atoms with Gasteiger partial charge in [-0.3, -0.25) is 4.79 Å². The summed E-state index contributed by atoms with van der Waals surface area (Å²) in [6, 6.07) is 7.12. The number of para-hydroxylation sites is 1. The highest BCUT2D eigenvalue weighted by atomic mass is 35.5. The number of amides is 1. The monoisotopic (exact) mass is 284 g/mol. The summed E-state index contributed by atoms with van der Waals surface area (Å²) in [5.74, 6) is 0.708. The number of ether oxygens (including phenoxy) is 1. The van der Waals surface area contributed by atoms with E-state index in [1.54, 1.807) is 0 Å². The maximum Gasteiger partial charge on any atom is 0.238 e. The van der Waals surface area contributed by atoms with Gasteiger partial charge in [-0.25, -0.2) is 0 Å². The molecule has 1 heterocycles. The van der Waals surface area contributed by atoms with Crippen LogP contribution in [0, 0.1) is 5.41 Å². The van der Waals surface area contributed by atoms with Gasteiger partial charge in [-0.05, 0) is 11.5 Å². The van der Waals surface area contributed by atoms with Gasteiger partial charge >= 0.3 is 0 Å². The van der Waals surface area contributed by atoms with Crippen molar-refractivity contribution in [2.75, 3.05) is 6.61 Å². The maximum atomic E-state index is 12.1. The zero-order valence-corrected chi connectivity index (χ0v) is 12.3. The van der Waals surface area contributed by atoms with Crippen LogP contribution in [0.1, 0.15) is 32.4 Å². The van der Waals surface area contributed by atoms with Gasteiger partial charge < -0.3 is 15.8 Å². The van der Waals surface area contributed by atoms with E-state index in [2.05, 4.69) is 5.32 Å². The Hall–Kier alpha value is -1.26. The summed E-state index contributed by atoms with van der Waals surface area (Å²) in [7, 11) is 0. The van der Waals surface area contributed by atoms with Crippen molar-refractivity contribution < 1.29 is 9.53 Å². The van der Waals surface area contributed by atoms with Crippen LogP contribution in [-0.4, -0.2) is 18.6 Å². The van der Waals surface area contributed by atoms with Crippen LogP contribution in [0.3, 0.4) is 0 Å². The third kappa shape index (κ3) is 3.39. The van der Waals surface area contributed by atoms with E-state index in [-0.39, 0.29) is 29.8 Å². The van der Waals surface area contributed by atoms with Crippen molar-refractivity contribution in [2.24, 2.45) is 11.1 Å². The molecule has 0 spiro atoms. The smallest absolute Gasteiger partial charge is 0.238 e. The lowest BCUT2D eigenvalue weighted by molar-refractivity contribution is -0.125. The van der Waals surface area contributed by atoms with Crippen molar-refractivity contribution in [3.05, 3.63) is 29.8 Å². The van der Waals surface area contributed by atoms with Crippen LogP contribution in [0.15, 0.2) is 24.3 Å². The number of benzene rings is 1. The highest BCUT2D eigenvalue weighted by Gasteiger charge is 2.31. The molecule has 0 saturated heterocycles. The van der Waals surface area contributed by atoms with Crippen LogP contribution in [-0.2, 0) is 4.79 Å². The Labute approximate surface area is 120 Å². The van der Waals surface area contributed by atoms with E-state index in [1.807, 2.05) is 45.0 Å². The topological polar surface area (TPSA) is 64.4 Å². The summed E-state index contributed by atoms with van der Waals surface area (Å²) < 4.78 is 5.52. The molecule has 1 aliphatic heterocycles. The molecule has 19 heavy (non-hydrogen) atoms. The number of carbonyl (C=O) groups excluding carboxylic acids is 1. The van der Waals surface area contributed by atoms with Gasteiger partial charge in [-0.15, -0.1) is 12.4 Å². The van der Waals surface area contributed by atoms with Gasteiger partial charge in [0, 0.05) is 5.56 Å². The lowest BCUT2D eigenvalue weighted by Gasteiger charge is -2.27. The minimum atomic E-state index is -0.523. The average Bonchev–Trinajstić information content (AvgIpc) is 2.70. The van der Waals surface area contributed by atoms with Gasteiger partial charge in [0.15, 0.2) is 0 Å². The number of nitrogens with two attached hydrogens (primary N) is 1. The van der Waals surface area contributed by atoms with E-state index in [9.17, 15) is 4.79 Å². The largest absolute Gasteiger partial charge is 0.491 e. The van der Waals surface area contributed by atoms with Gasteiger partial charge in [0.25, 0.3) is 0 Å². The van der Waals surface area contributed by atoms with Gasteiger partial charge in [0.05, 0.1) is 12.1 Å². The van der Waals surface area contributed by atoms with E-state index in [0.717, 1.165) is 11.3 Å². The first-order valence-corrected chi connectivity index (χ1v) is 6.17. The number of carbonyl (C=O) groups is 1. The quantitative estimate of drug-likeness (QED) is 0.873. The van der Waals surface area contributed by atoms with Gasteiger partial charge in [-0.2, -0.15) is 0 Å². The molecule has 3 N–H and O–H groups in total. The molecular weight excluding hydrogens is 264 g/mol. The second-order valence-corrected chi connectivity index (χ2v) is 5.75. The fourth-order valence-corrected chi connectivity index (χ4v) is 1.94. The Bertz CT molecular complexity index is 457. The van der Waals surface area contributed by atoms with Crippen LogP contribution in [0.5, 0.6) is 5.75 Å². The number of hydrogen-bond donors (Lipinski definition) is 2. The SMILES string of the molecule is CC(C)(C)[C@H](N)C(=O)NC1COc2ccccc21.Cl. The van der Waals surface area contributed by atoms with Crippen molar-refractivity contribution in [3.8, 4) is 5.75 Å². The first-order valence-electron chi connectivity index (χ1n) is 6.17. The molecule has 0 bridgehead atoms. The molecule has 0 radical (unpaired) electrons. The Kier molecular flexibility index (Phi) is 4.82. The molecule has 1 amide bonds. The lowest BCUT2D eigenvalue weighted by Crippen LogP contribution is -2.49. The third-order valence-electron chi connectivity index (χ3n) is 3.23. The number of hydrogen-bond acceptors (Lipinski definition) is 3. The van der Waals surface area contributed by atoms with Gasteiger partial charge in [0.2, 0.25) is 5.91 Å². The first kappa shape index (κ1) is 15.8. The van der Waals surface area contributed by atoms with Crippen molar-refractivity contribution in [1.82, 2.24) is 5.32 Å². The Morgan fingerprint density at radius 3 is 2.68 bits per heavy atom. The van der Waals surface area contributed by atoms with E-state index >= 15 is 0 Å². The van der Waals surface area contributed by atoms with Crippen molar-refractivity contribution in [1.29, 1.82) is 0 Å². The Balaban J connectivity index is 0.00000180. The summed E-state index contributed by atoms with van der Waals surface area (Å²) in [5.41, 5.74) is 6.71. The number of rotatable bonds is 2. The molecule has 106 valence electrons. The normalized spacial score (nSPS) is 18.8. The molecule has 0 aromatic heterocycles. The van der Waals surface area contributed by atoms with Crippen LogP contribution in [0.25, 0.3) is 0 Å². The highest BCUT2D eigenvalue weighted by Crippen LogP contribution is 2.32. The predicted octanol–water partition coefficient (Wildman–Crippen LogP) is 2.03. The number of halogens is 1. The van der Waals surface area contributed by atoms with Crippen LogP contribution in [0.4, 0.5) is 0 Å². The van der Waals surface area contributed by atoms with Gasteiger partial charge in [-0.1, -0.05) is 39.0 Å². The summed E-state index contributed by atoms with van der Waals surface area (Å²) >= 11 is 0. The first-order chi connectivity index (χ1) is 8.39. The molecule has 0 fully saturated rings. The van der Waals surface area contributed by atoms with Crippen molar-refractivity contribution in [3.63, 3.8) is 0 Å². The average molecular weight is 285 g/mol. The molecule has 2 atom stereocenters. The van der Waals surface area contributed by atoms with Crippen molar-refractivity contribution in [2.45, 2.75) is 32.9 Å².